The molecule has 1 aliphatic carbocycles. The predicted molar refractivity (Wildman–Crippen MR) is 96.2 cm³/mol. The van der Waals surface area contributed by atoms with Crippen LogP contribution in [0.1, 0.15) is 43.1 Å². The zero-order valence-electron chi connectivity index (χ0n) is 14.3. The number of hydrogen-bond acceptors (Lipinski definition) is 6. The molecule has 1 fully saturated rings. The molecule has 26 heavy (non-hydrogen) atoms. The topological polar surface area (TPSA) is 85.8 Å². The summed E-state index contributed by atoms with van der Waals surface area (Å²) in [5.74, 6) is 2.33. The van der Waals surface area contributed by atoms with Crippen LogP contribution >= 0.6 is 0 Å². The molecular formula is C18H18N8. The fourth-order valence-corrected chi connectivity index (χ4v) is 3.11. The van der Waals surface area contributed by atoms with E-state index < -0.39 is 0 Å². The summed E-state index contributed by atoms with van der Waals surface area (Å²) in [6.07, 6.45) is 9.33. The van der Waals surface area contributed by atoms with Gasteiger partial charge in [-0.05, 0) is 37.5 Å². The van der Waals surface area contributed by atoms with E-state index in [2.05, 4.69) is 49.6 Å². The summed E-state index contributed by atoms with van der Waals surface area (Å²) >= 11 is 0. The van der Waals surface area contributed by atoms with Crippen LogP contribution in [-0.4, -0.2) is 34.3 Å². The van der Waals surface area contributed by atoms with Crippen LogP contribution in [0.25, 0.3) is 11.3 Å². The van der Waals surface area contributed by atoms with Gasteiger partial charge in [0.2, 0.25) is 5.65 Å². The second-order valence-electron chi connectivity index (χ2n) is 6.60. The van der Waals surface area contributed by atoms with Gasteiger partial charge in [0.25, 0.3) is 0 Å². The van der Waals surface area contributed by atoms with Crippen molar-refractivity contribution in [2.45, 2.75) is 31.7 Å². The highest BCUT2D eigenvalue weighted by atomic mass is 15.3. The van der Waals surface area contributed by atoms with Gasteiger partial charge in [-0.1, -0.05) is 12.1 Å². The van der Waals surface area contributed by atoms with E-state index in [1.807, 2.05) is 22.7 Å². The quantitative estimate of drug-likeness (QED) is 0.598. The van der Waals surface area contributed by atoms with Gasteiger partial charge in [-0.25, -0.2) is 14.6 Å². The summed E-state index contributed by atoms with van der Waals surface area (Å²) in [5.41, 5.74) is 2.91. The van der Waals surface area contributed by atoms with Crippen LogP contribution in [0.3, 0.4) is 0 Å². The largest absolute Gasteiger partial charge is 0.360 e. The summed E-state index contributed by atoms with van der Waals surface area (Å²) in [6.45, 7) is 2.10. The Balaban J connectivity index is 1.40. The van der Waals surface area contributed by atoms with Crippen molar-refractivity contribution < 1.29 is 0 Å². The van der Waals surface area contributed by atoms with Crippen molar-refractivity contribution in [3.8, 4) is 5.69 Å². The van der Waals surface area contributed by atoms with Crippen molar-refractivity contribution in [2.24, 2.45) is 0 Å². The molecule has 0 radical (unpaired) electrons. The molecule has 4 aromatic rings. The maximum absolute atomic E-state index is 4.47. The molecule has 0 spiro atoms. The number of nitrogens with zero attached hydrogens (tertiary/aromatic N) is 7. The first-order valence-corrected chi connectivity index (χ1v) is 8.71. The summed E-state index contributed by atoms with van der Waals surface area (Å²) in [5, 5.41) is 16.3. The van der Waals surface area contributed by atoms with Crippen LogP contribution in [0.4, 0.5) is 5.82 Å². The number of nitrogens with one attached hydrogen (secondary N) is 1. The molecule has 1 aromatic carbocycles. The molecule has 1 saturated carbocycles. The number of aromatic nitrogens is 7. The molecule has 8 nitrogen and oxygen atoms in total. The molecule has 1 N–H and O–H groups in total. The van der Waals surface area contributed by atoms with Crippen molar-refractivity contribution in [1.82, 2.24) is 34.3 Å². The smallest absolute Gasteiger partial charge is 0.203 e. The van der Waals surface area contributed by atoms with Gasteiger partial charge in [0.05, 0.1) is 11.7 Å². The normalized spacial score (nSPS) is 15.3. The molecule has 0 amide bonds. The van der Waals surface area contributed by atoms with Gasteiger partial charge in [-0.3, -0.25) is 4.40 Å². The third kappa shape index (κ3) is 2.59. The Morgan fingerprint density at radius 1 is 1.15 bits per heavy atom. The van der Waals surface area contributed by atoms with E-state index in [1.165, 1.54) is 19.2 Å². The van der Waals surface area contributed by atoms with Crippen LogP contribution in [0, 0.1) is 0 Å². The lowest BCUT2D eigenvalue weighted by Gasteiger charge is -2.15. The fraction of sp³-hybridized carbons (Fsp3) is 0.278. The maximum atomic E-state index is 4.47. The Morgan fingerprint density at radius 2 is 2.00 bits per heavy atom. The zero-order valence-corrected chi connectivity index (χ0v) is 14.3. The Kier molecular flexibility index (Phi) is 3.41. The number of hydrogen-bond donors (Lipinski definition) is 1. The molecule has 130 valence electrons. The molecule has 5 rings (SSSR count). The summed E-state index contributed by atoms with van der Waals surface area (Å²) < 4.78 is 3.79. The lowest BCUT2D eigenvalue weighted by Crippen LogP contribution is -2.09. The average molecular weight is 346 g/mol. The maximum Gasteiger partial charge on any atom is 0.203 e. The zero-order chi connectivity index (χ0) is 17.5. The van der Waals surface area contributed by atoms with Gasteiger partial charge >= 0.3 is 0 Å². The minimum atomic E-state index is 0.0829. The SMILES string of the molecule is CC(Nc1nccn2c(C3CC3)nnc12)c1ccc(-n2cncn2)cc1. The molecule has 8 heteroatoms. The molecule has 0 bridgehead atoms. The number of anilines is 1. The van der Waals surface area contributed by atoms with Crippen LogP contribution in [0.2, 0.25) is 0 Å². The Hall–Kier alpha value is -3.29. The van der Waals surface area contributed by atoms with Crippen molar-refractivity contribution in [3.63, 3.8) is 0 Å². The summed E-state index contributed by atoms with van der Waals surface area (Å²) in [7, 11) is 0. The van der Waals surface area contributed by atoms with Crippen molar-refractivity contribution in [3.05, 3.63) is 60.7 Å². The van der Waals surface area contributed by atoms with Gasteiger partial charge in [0.15, 0.2) is 5.82 Å². The monoisotopic (exact) mass is 346 g/mol. The minimum absolute atomic E-state index is 0.0829. The standard InChI is InChI=1S/C18H18N8/c1-12(13-4-6-15(7-5-13)26-11-19-10-21-26)22-16-18-24-23-17(14-2-3-14)25(18)9-8-20-16/h4-12,14H,2-3H2,1H3,(H,20,22). The van der Waals surface area contributed by atoms with Crippen LogP contribution in [-0.2, 0) is 0 Å². The van der Waals surface area contributed by atoms with Crippen molar-refractivity contribution in [2.75, 3.05) is 5.32 Å². The van der Waals surface area contributed by atoms with Gasteiger partial charge in [-0.2, -0.15) is 5.10 Å². The highest BCUT2D eigenvalue weighted by molar-refractivity contribution is 5.63. The lowest BCUT2D eigenvalue weighted by molar-refractivity contribution is 0.855. The second-order valence-corrected chi connectivity index (χ2v) is 6.60. The second kappa shape index (κ2) is 5.91. The first kappa shape index (κ1) is 15.0. The van der Waals surface area contributed by atoms with E-state index in [0.717, 1.165) is 28.5 Å². The summed E-state index contributed by atoms with van der Waals surface area (Å²) in [6, 6.07) is 8.29. The van der Waals surface area contributed by atoms with Crippen LogP contribution in [0.15, 0.2) is 49.3 Å². The van der Waals surface area contributed by atoms with E-state index in [4.69, 9.17) is 0 Å². The van der Waals surface area contributed by atoms with Gasteiger partial charge in [0.1, 0.15) is 18.5 Å². The van der Waals surface area contributed by atoms with E-state index in [9.17, 15) is 0 Å². The minimum Gasteiger partial charge on any atom is -0.360 e. The van der Waals surface area contributed by atoms with Gasteiger partial charge in [0, 0.05) is 18.3 Å². The highest BCUT2D eigenvalue weighted by Crippen LogP contribution is 2.39. The van der Waals surface area contributed by atoms with E-state index in [-0.39, 0.29) is 6.04 Å². The first-order chi connectivity index (χ1) is 12.8. The van der Waals surface area contributed by atoms with Gasteiger partial charge < -0.3 is 5.32 Å². The molecule has 0 saturated heterocycles. The van der Waals surface area contributed by atoms with Crippen LogP contribution in [0.5, 0.6) is 0 Å². The third-order valence-corrected chi connectivity index (χ3v) is 4.73. The Labute approximate surface area is 149 Å². The Morgan fingerprint density at radius 3 is 2.73 bits per heavy atom. The summed E-state index contributed by atoms with van der Waals surface area (Å²) in [4.78, 5) is 8.44. The number of rotatable bonds is 5. The molecule has 3 aromatic heterocycles. The number of benzene rings is 1. The molecule has 1 aliphatic rings. The van der Waals surface area contributed by atoms with E-state index >= 15 is 0 Å². The highest BCUT2D eigenvalue weighted by Gasteiger charge is 2.29. The molecule has 0 aliphatic heterocycles. The molecule has 3 heterocycles. The molecular weight excluding hydrogens is 328 g/mol. The van der Waals surface area contributed by atoms with E-state index in [1.54, 1.807) is 17.2 Å². The third-order valence-electron chi connectivity index (χ3n) is 4.73. The average Bonchev–Trinajstić information content (AvgIpc) is 3.20. The number of fused-ring (bicyclic) bond motifs is 1. The molecule has 1 atom stereocenters. The van der Waals surface area contributed by atoms with Gasteiger partial charge in [-0.15, -0.1) is 10.2 Å². The molecule has 1 unspecified atom stereocenters. The van der Waals surface area contributed by atoms with E-state index in [0.29, 0.717) is 5.92 Å². The Bertz CT molecular complexity index is 1030. The fourth-order valence-electron chi connectivity index (χ4n) is 3.11. The van der Waals surface area contributed by atoms with Crippen molar-refractivity contribution >= 4 is 11.5 Å². The lowest BCUT2D eigenvalue weighted by atomic mass is 10.1. The van der Waals surface area contributed by atoms with Crippen LogP contribution < -0.4 is 5.32 Å². The first-order valence-electron chi connectivity index (χ1n) is 8.71. The van der Waals surface area contributed by atoms with Crippen molar-refractivity contribution in [1.29, 1.82) is 0 Å². The predicted octanol–water partition coefficient (Wildman–Crippen LogP) is 2.76.